The number of ether oxygens (including phenoxy) is 1. The lowest BCUT2D eigenvalue weighted by Crippen LogP contribution is -2.34. The highest BCUT2D eigenvalue weighted by Crippen LogP contribution is 2.40. The zero-order chi connectivity index (χ0) is 12.5. The van der Waals surface area contributed by atoms with E-state index in [1.807, 2.05) is 0 Å². The van der Waals surface area contributed by atoms with Crippen molar-refractivity contribution in [1.29, 1.82) is 0 Å². The Morgan fingerprint density at radius 3 is 2.72 bits per heavy atom. The van der Waals surface area contributed by atoms with Gasteiger partial charge in [-0.2, -0.15) is 0 Å². The van der Waals surface area contributed by atoms with E-state index in [0.29, 0.717) is 23.7 Å². The summed E-state index contributed by atoms with van der Waals surface area (Å²) < 4.78 is 19.1. The van der Waals surface area contributed by atoms with Crippen LogP contribution in [0, 0.1) is 11.7 Å². The first-order valence-electron chi connectivity index (χ1n) is 6.88. The van der Waals surface area contributed by atoms with Crippen LogP contribution in [-0.4, -0.2) is 11.2 Å². The van der Waals surface area contributed by atoms with E-state index in [2.05, 4.69) is 0 Å². The Morgan fingerprint density at radius 2 is 1.94 bits per heavy atom. The van der Waals surface area contributed by atoms with Gasteiger partial charge in [-0.3, -0.25) is 0 Å². The smallest absolute Gasteiger partial charge is 0.125 e. The Kier molecular flexibility index (Phi) is 3.25. The lowest BCUT2D eigenvalue weighted by Gasteiger charge is -2.36. The van der Waals surface area contributed by atoms with Gasteiger partial charge in [-0.1, -0.05) is 19.3 Å². The molecule has 18 heavy (non-hydrogen) atoms. The average Bonchev–Trinajstić information content (AvgIpc) is 2.40. The van der Waals surface area contributed by atoms with Gasteiger partial charge in [0.25, 0.3) is 0 Å². The summed E-state index contributed by atoms with van der Waals surface area (Å²) in [5.74, 6) is 0.893. The molecule has 98 valence electrons. The second kappa shape index (κ2) is 4.88. The van der Waals surface area contributed by atoms with Gasteiger partial charge in [0.05, 0.1) is 6.10 Å². The number of rotatable bonds is 1. The second-order valence-corrected chi connectivity index (χ2v) is 5.49. The molecule has 0 amide bonds. The standard InChI is InChI=1S/C15H19FO2/c16-11-6-7-14-12(8-11)13(17)9-15(18-14)10-4-2-1-3-5-10/h6-8,10,13,15,17H,1-5,9H2/t13-,15?/m1/s1. The van der Waals surface area contributed by atoms with Crippen LogP contribution in [0.4, 0.5) is 4.39 Å². The van der Waals surface area contributed by atoms with E-state index in [4.69, 9.17) is 4.74 Å². The summed E-state index contributed by atoms with van der Waals surface area (Å²) in [6.45, 7) is 0. The van der Waals surface area contributed by atoms with Gasteiger partial charge in [0.15, 0.2) is 0 Å². The van der Waals surface area contributed by atoms with Gasteiger partial charge >= 0.3 is 0 Å². The van der Waals surface area contributed by atoms with Crippen LogP contribution in [0.5, 0.6) is 5.75 Å². The fourth-order valence-electron chi connectivity index (χ4n) is 3.24. The van der Waals surface area contributed by atoms with Crippen molar-refractivity contribution in [3.8, 4) is 5.75 Å². The third-order valence-electron chi connectivity index (χ3n) is 4.24. The molecule has 2 nitrogen and oxygen atoms in total. The minimum atomic E-state index is -0.587. The third-order valence-corrected chi connectivity index (χ3v) is 4.24. The van der Waals surface area contributed by atoms with E-state index >= 15 is 0 Å². The van der Waals surface area contributed by atoms with Crippen molar-refractivity contribution in [1.82, 2.24) is 0 Å². The lowest BCUT2D eigenvalue weighted by molar-refractivity contribution is 0.0231. The van der Waals surface area contributed by atoms with Crippen molar-refractivity contribution in [2.45, 2.75) is 50.7 Å². The van der Waals surface area contributed by atoms with Crippen molar-refractivity contribution in [3.05, 3.63) is 29.6 Å². The summed E-state index contributed by atoms with van der Waals surface area (Å²) in [6, 6.07) is 4.43. The summed E-state index contributed by atoms with van der Waals surface area (Å²) in [5.41, 5.74) is 0.599. The molecule has 1 unspecified atom stereocenters. The summed E-state index contributed by atoms with van der Waals surface area (Å²) in [6.07, 6.45) is 6.32. The van der Waals surface area contributed by atoms with Gasteiger partial charge in [-0.05, 0) is 37.0 Å². The van der Waals surface area contributed by atoms with Crippen molar-refractivity contribution >= 4 is 0 Å². The zero-order valence-corrected chi connectivity index (χ0v) is 10.4. The molecule has 1 aromatic rings. The van der Waals surface area contributed by atoms with Gasteiger partial charge in [0.2, 0.25) is 0 Å². The molecule has 0 bridgehead atoms. The molecule has 0 radical (unpaired) electrons. The molecule has 1 aromatic carbocycles. The molecule has 1 aliphatic carbocycles. The first-order valence-corrected chi connectivity index (χ1v) is 6.88. The van der Waals surface area contributed by atoms with Crippen LogP contribution in [0.15, 0.2) is 18.2 Å². The maximum absolute atomic E-state index is 13.2. The number of halogens is 1. The van der Waals surface area contributed by atoms with Crippen molar-refractivity contribution in [2.75, 3.05) is 0 Å². The monoisotopic (exact) mass is 250 g/mol. The third kappa shape index (κ3) is 2.24. The maximum Gasteiger partial charge on any atom is 0.125 e. The van der Waals surface area contributed by atoms with Crippen LogP contribution in [0.25, 0.3) is 0 Å². The fraction of sp³-hybridized carbons (Fsp3) is 0.600. The minimum Gasteiger partial charge on any atom is -0.490 e. The van der Waals surface area contributed by atoms with Crippen LogP contribution in [-0.2, 0) is 0 Å². The summed E-state index contributed by atoms with van der Waals surface area (Å²) in [5, 5.41) is 10.1. The molecular formula is C15H19FO2. The Hall–Kier alpha value is -1.09. The van der Waals surface area contributed by atoms with Crippen LogP contribution >= 0.6 is 0 Å². The quantitative estimate of drug-likeness (QED) is 0.825. The number of aliphatic hydroxyl groups is 1. The Labute approximate surface area is 107 Å². The number of hydrogen-bond acceptors (Lipinski definition) is 2. The van der Waals surface area contributed by atoms with Gasteiger partial charge in [0, 0.05) is 12.0 Å². The number of hydrogen-bond donors (Lipinski definition) is 1. The highest BCUT2D eigenvalue weighted by atomic mass is 19.1. The molecule has 3 heteroatoms. The normalized spacial score (nSPS) is 28.6. The summed E-state index contributed by atoms with van der Waals surface area (Å²) >= 11 is 0. The van der Waals surface area contributed by atoms with E-state index in [9.17, 15) is 9.50 Å². The molecule has 1 N–H and O–H groups in total. The molecule has 0 spiro atoms. The second-order valence-electron chi connectivity index (χ2n) is 5.49. The molecule has 1 aliphatic heterocycles. The van der Waals surface area contributed by atoms with E-state index in [1.54, 1.807) is 6.07 Å². The summed E-state index contributed by atoms with van der Waals surface area (Å²) in [7, 11) is 0. The summed E-state index contributed by atoms with van der Waals surface area (Å²) in [4.78, 5) is 0. The first-order chi connectivity index (χ1) is 8.74. The fourth-order valence-corrected chi connectivity index (χ4v) is 3.24. The van der Waals surface area contributed by atoms with E-state index in [-0.39, 0.29) is 11.9 Å². The van der Waals surface area contributed by atoms with E-state index in [0.717, 1.165) is 0 Å². The van der Waals surface area contributed by atoms with Gasteiger partial charge in [0.1, 0.15) is 17.7 Å². The molecule has 0 saturated heterocycles. The average molecular weight is 250 g/mol. The predicted molar refractivity (Wildman–Crippen MR) is 67.0 cm³/mol. The molecule has 1 saturated carbocycles. The maximum atomic E-state index is 13.2. The van der Waals surface area contributed by atoms with Gasteiger partial charge in [-0.15, -0.1) is 0 Å². The predicted octanol–water partition coefficient (Wildman–Crippen LogP) is 3.59. The minimum absolute atomic E-state index is 0.0956. The van der Waals surface area contributed by atoms with Crippen LogP contribution in [0.3, 0.4) is 0 Å². The van der Waals surface area contributed by atoms with Crippen molar-refractivity contribution in [3.63, 3.8) is 0 Å². The van der Waals surface area contributed by atoms with Crippen LogP contribution in [0.2, 0.25) is 0 Å². The highest BCUT2D eigenvalue weighted by molar-refractivity contribution is 5.37. The van der Waals surface area contributed by atoms with Gasteiger partial charge < -0.3 is 9.84 Å². The largest absolute Gasteiger partial charge is 0.490 e. The molecular weight excluding hydrogens is 231 g/mol. The van der Waals surface area contributed by atoms with Gasteiger partial charge in [-0.25, -0.2) is 4.39 Å². The van der Waals surface area contributed by atoms with Crippen molar-refractivity contribution in [2.24, 2.45) is 5.92 Å². The Bertz CT molecular complexity index is 427. The number of aliphatic hydroxyl groups excluding tert-OH is 1. The topological polar surface area (TPSA) is 29.5 Å². The molecule has 2 aliphatic rings. The Morgan fingerprint density at radius 1 is 1.17 bits per heavy atom. The molecule has 1 fully saturated rings. The molecule has 2 atom stereocenters. The number of benzene rings is 1. The zero-order valence-electron chi connectivity index (χ0n) is 10.4. The molecule has 1 heterocycles. The van der Waals surface area contributed by atoms with Crippen LogP contribution < -0.4 is 4.74 Å². The first kappa shape index (κ1) is 12.0. The molecule has 0 aromatic heterocycles. The van der Waals surface area contributed by atoms with E-state index in [1.165, 1.54) is 44.2 Å². The van der Waals surface area contributed by atoms with E-state index < -0.39 is 6.10 Å². The van der Waals surface area contributed by atoms with Crippen molar-refractivity contribution < 1.29 is 14.2 Å². The number of fused-ring (bicyclic) bond motifs is 1. The highest BCUT2D eigenvalue weighted by Gasteiger charge is 2.33. The Balaban J connectivity index is 1.80. The molecule has 3 rings (SSSR count). The lowest BCUT2D eigenvalue weighted by atomic mass is 9.81. The SMILES string of the molecule is O[C@@H]1CC(C2CCCCC2)Oc2ccc(F)cc21. The van der Waals surface area contributed by atoms with Crippen LogP contribution in [0.1, 0.15) is 50.2 Å².